The van der Waals surface area contributed by atoms with Gasteiger partial charge in [0, 0.05) is 31.9 Å². The van der Waals surface area contributed by atoms with Crippen molar-refractivity contribution in [2.24, 2.45) is 0 Å². The van der Waals surface area contributed by atoms with Crippen LogP contribution in [0.15, 0.2) is 18.2 Å². The molecule has 1 aliphatic carbocycles. The Morgan fingerprint density at radius 3 is 2.35 bits per heavy atom. The second kappa shape index (κ2) is 6.17. The molecule has 1 saturated carbocycles. The molecule has 0 radical (unpaired) electrons. The van der Waals surface area contributed by atoms with Crippen LogP contribution in [0.1, 0.15) is 49.1 Å². The van der Waals surface area contributed by atoms with E-state index in [1.165, 1.54) is 69.5 Å². The van der Waals surface area contributed by atoms with E-state index in [9.17, 15) is 0 Å². The summed E-state index contributed by atoms with van der Waals surface area (Å²) in [7, 11) is 2.23. The molecular weight excluding hydrogens is 244 g/mol. The van der Waals surface area contributed by atoms with E-state index < -0.39 is 0 Å². The van der Waals surface area contributed by atoms with Crippen LogP contribution in [-0.4, -0.2) is 38.1 Å². The van der Waals surface area contributed by atoms with E-state index in [1.54, 1.807) is 5.56 Å². The summed E-state index contributed by atoms with van der Waals surface area (Å²) in [6.07, 6.45) is 7.06. The predicted octanol–water partition coefficient (Wildman–Crippen LogP) is 3.79. The van der Waals surface area contributed by atoms with Gasteiger partial charge in [0.05, 0.1) is 0 Å². The fourth-order valence-electron chi connectivity index (χ4n) is 3.75. The summed E-state index contributed by atoms with van der Waals surface area (Å²) < 4.78 is 0. The second-order valence-electron chi connectivity index (χ2n) is 6.69. The smallest absolute Gasteiger partial charge is 0.0402 e. The Bertz CT molecular complexity index is 441. The van der Waals surface area contributed by atoms with Gasteiger partial charge in [-0.2, -0.15) is 0 Å². The zero-order valence-corrected chi connectivity index (χ0v) is 13.1. The maximum absolute atomic E-state index is 2.61. The van der Waals surface area contributed by atoms with Crippen LogP contribution in [0.3, 0.4) is 0 Å². The first-order valence-electron chi connectivity index (χ1n) is 8.28. The van der Waals surface area contributed by atoms with Crippen molar-refractivity contribution in [3.63, 3.8) is 0 Å². The molecule has 0 spiro atoms. The molecule has 110 valence electrons. The van der Waals surface area contributed by atoms with E-state index in [4.69, 9.17) is 0 Å². The summed E-state index contributed by atoms with van der Waals surface area (Å²) in [5.74, 6) is 0.804. The van der Waals surface area contributed by atoms with E-state index in [1.807, 2.05) is 0 Å². The van der Waals surface area contributed by atoms with Gasteiger partial charge in [-0.3, -0.25) is 0 Å². The number of hydrogen-bond acceptors (Lipinski definition) is 2. The van der Waals surface area contributed by atoms with Crippen LogP contribution in [0.5, 0.6) is 0 Å². The van der Waals surface area contributed by atoms with Crippen molar-refractivity contribution in [1.29, 1.82) is 0 Å². The second-order valence-corrected chi connectivity index (χ2v) is 6.69. The number of anilines is 1. The summed E-state index contributed by atoms with van der Waals surface area (Å²) in [6.45, 7) is 6.98. The van der Waals surface area contributed by atoms with E-state index in [-0.39, 0.29) is 0 Å². The molecule has 2 heteroatoms. The van der Waals surface area contributed by atoms with Crippen LogP contribution in [0.4, 0.5) is 5.69 Å². The number of nitrogens with zero attached hydrogens (tertiary/aromatic N) is 2. The molecule has 1 aromatic carbocycles. The number of rotatable bonds is 2. The lowest BCUT2D eigenvalue weighted by molar-refractivity contribution is 0.312. The Kier molecular flexibility index (Phi) is 4.30. The third-order valence-corrected chi connectivity index (χ3v) is 5.07. The molecule has 1 aromatic rings. The highest BCUT2D eigenvalue weighted by Gasteiger charge is 2.22. The van der Waals surface area contributed by atoms with Crippen molar-refractivity contribution in [2.45, 2.75) is 44.9 Å². The molecule has 0 N–H and O–H groups in total. The Labute approximate surface area is 123 Å². The number of piperazine rings is 1. The third-order valence-electron chi connectivity index (χ3n) is 5.07. The van der Waals surface area contributed by atoms with Gasteiger partial charge < -0.3 is 9.80 Å². The molecule has 0 atom stereocenters. The quantitative estimate of drug-likeness (QED) is 0.808. The molecule has 2 fully saturated rings. The lowest BCUT2D eigenvalue weighted by atomic mass is 9.82. The van der Waals surface area contributed by atoms with Gasteiger partial charge in [-0.25, -0.2) is 0 Å². The van der Waals surface area contributed by atoms with Crippen molar-refractivity contribution in [1.82, 2.24) is 4.90 Å². The average molecular weight is 272 g/mol. The molecule has 1 heterocycles. The van der Waals surface area contributed by atoms with Gasteiger partial charge in [0.2, 0.25) is 0 Å². The van der Waals surface area contributed by atoms with Crippen molar-refractivity contribution in [2.75, 3.05) is 38.1 Å². The topological polar surface area (TPSA) is 6.48 Å². The SMILES string of the molecule is Cc1ccc(N2CCN(C)CC2)c(C2CCCCC2)c1. The van der Waals surface area contributed by atoms with Crippen LogP contribution >= 0.6 is 0 Å². The summed E-state index contributed by atoms with van der Waals surface area (Å²) in [4.78, 5) is 5.05. The van der Waals surface area contributed by atoms with Crippen LogP contribution < -0.4 is 4.90 Å². The molecule has 3 rings (SSSR count). The molecule has 0 amide bonds. The van der Waals surface area contributed by atoms with Gasteiger partial charge in [0.1, 0.15) is 0 Å². The Morgan fingerprint density at radius 2 is 1.65 bits per heavy atom. The molecule has 1 aliphatic heterocycles. The first-order valence-corrected chi connectivity index (χ1v) is 8.28. The first kappa shape index (κ1) is 13.9. The fourth-order valence-corrected chi connectivity index (χ4v) is 3.75. The van der Waals surface area contributed by atoms with E-state index >= 15 is 0 Å². The van der Waals surface area contributed by atoms with Crippen LogP contribution in [0, 0.1) is 6.92 Å². The van der Waals surface area contributed by atoms with E-state index in [0.717, 1.165) is 5.92 Å². The standard InChI is InChI=1S/C18H28N2/c1-15-8-9-18(20-12-10-19(2)11-13-20)17(14-15)16-6-4-3-5-7-16/h8-9,14,16H,3-7,10-13H2,1-2H3. The molecular formula is C18H28N2. The Balaban J connectivity index is 1.85. The van der Waals surface area contributed by atoms with Gasteiger partial charge in [-0.15, -0.1) is 0 Å². The zero-order valence-electron chi connectivity index (χ0n) is 13.1. The highest BCUT2D eigenvalue weighted by Crippen LogP contribution is 2.38. The number of likely N-dealkylation sites (N-methyl/N-ethyl adjacent to an activating group) is 1. The van der Waals surface area contributed by atoms with Gasteiger partial charge >= 0.3 is 0 Å². The summed E-state index contributed by atoms with van der Waals surface area (Å²) in [5.41, 5.74) is 4.58. The molecule has 0 aromatic heterocycles. The van der Waals surface area contributed by atoms with Crippen molar-refractivity contribution < 1.29 is 0 Å². The first-order chi connectivity index (χ1) is 9.74. The lowest BCUT2D eigenvalue weighted by Crippen LogP contribution is -2.44. The summed E-state index contributed by atoms with van der Waals surface area (Å²) in [5, 5.41) is 0. The lowest BCUT2D eigenvalue weighted by Gasteiger charge is -2.37. The largest absolute Gasteiger partial charge is 0.369 e. The van der Waals surface area contributed by atoms with Gasteiger partial charge in [0.25, 0.3) is 0 Å². The van der Waals surface area contributed by atoms with Gasteiger partial charge in [0.15, 0.2) is 0 Å². The molecule has 2 nitrogen and oxygen atoms in total. The Morgan fingerprint density at radius 1 is 0.950 bits per heavy atom. The van der Waals surface area contributed by atoms with Crippen molar-refractivity contribution >= 4 is 5.69 Å². The van der Waals surface area contributed by atoms with Crippen LogP contribution in [-0.2, 0) is 0 Å². The maximum atomic E-state index is 2.61. The maximum Gasteiger partial charge on any atom is 0.0402 e. The molecule has 1 saturated heterocycles. The molecule has 0 unspecified atom stereocenters. The highest BCUT2D eigenvalue weighted by molar-refractivity contribution is 5.57. The molecule has 20 heavy (non-hydrogen) atoms. The van der Waals surface area contributed by atoms with Gasteiger partial charge in [-0.1, -0.05) is 37.0 Å². The number of benzene rings is 1. The fraction of sp³-hybridized carbons (Fsp3) is 0.667. The summed E-state index contributed by atoms with van der Waals surface area (Å²) >= 11 is 0. The zero-order chi connectivity index (χ0) is 13.9. The van der Waals surface area contributed by atoms with Crippen LogP contribution in [0.25, 0.3) is 0 Å². The normalized spacial score (nSPS) is 22.2. The minimum atomic E-state index is 0.804. The minimum Gasteiger partial charge on any atom is -0.369 e. The van der Waals surface area contributed by atoms with Crippen molar-refractivity contribution in [3.8, 4) is 0 Å². The Hall–Kier alpha value is -1.02. The van der Waals surface area contributed by atoms with E-state index in [2.05, 4.69) is 42.0 Å². The number of aryl methyl sites for hydroxylation is 1. The summed E-state index contributed by atoms with van der Waals surface area (Å²) in [6, 6.07) is 7.13. The highest BCUT2D eigenvalue weighted by atomic mass is 15.2. The minimum absolute atomic E-state index is 0.804. The van der Waals surface area contributed by atoms with E-state index in [0.29, 0.717) is 0 Å². The van der Waals surface area contributed by atoms with Crippen molar-refractivity contribution in [3.05, 3.63) is 29.3 Å². The third kappa shape index (κ3) is 3.01. The molecule has 2 aliphatic rings. The molecule has 0 bridgehead atoms. The average Bonchev–Trinajstić information content (AvgIpc) is 2.49. The predicted molar refractivity (Wildman–Crippen MR) is 86.7 cm³/mol. The van der Waals surface area contributed by atoms with Gasteiger partial charge in [-0.05, 0) is 44.4 Å². The number of hydrogen-bond donors (Lipinski definition) is 0. The van der Waals surface area contributed by atoms with Crippen LogP contribution in [0.2, 0.25) is 0 Å². The monoisotopic (exact) mass is 272 g/mol.